The molecular formula is C43H53FN10O4S. The van der Waals surface area contributed by atoms with Crippen molar-refractivity contribution < 1.29 is 23.9 Å². The Bertz CT molecular complexity index is 2380. The molecule has 59 heavy (non-hydrogen) atoms. The highest BCUT2D eigenvalue weighted by Crippen LogP contribution is 2.33. The fraction of sp³-hybridized carbons (Fsp3) is 0.419. The number of nitrogens with zero attached hydrogens (tertiary/aromatic N) is 5. The van der Waals surface area contributed by atoms with Gasteiger partial charge in [-0.05, 0) is 87.4 Å². The predicted octanol–water partition coefficient (Wildman–Crippen LogP) is 5.99. The third-order valence-corrected chi connectivity index (χ3v) is 11.7. The third-order valence-electron chi connectivity index (χ3n) is 10.7. The van der Waals surface area contributed by atoms with Crippen LogP contribution in [0.4, 0.5) is 16.0 Å². The standard InChI is InChI=1S/C43H53FN10O4S/c1-22-15-32(44)33(18-30(22)31-16-28-19-46-41(45-10)51-37(28)48-24(31)3)50-40(58)43(8,9)53-52-36(42(5,6)7)39(57)54-20-29(55)17-34(54)38(56)49-23(2)26-11-13-27(14-12-26)35-25(4)47-21-59-35/h11-16,18-19,21,23,29,34,36,52-53,55H,17,20H2,1-10H3,(H,49,56)(H,50,58)(H,45,46,48,51)/t23-,29+,34-,36-/m0/s1. The topological polar surface area (TPSA) is 186 Å². The third kappa shape index (κ3) is 9.41. The number of pyridine rings is 1. The molecule has 3 aromatic heterocycles. The number of aromatic nitrogens is 4. The molecule has 0 saturated carbocycles. The van der Waals surface area contributed by atoms with Crippen molar-refractivity contribution in [2.24, 2.45) is 5.41 Å². The number of aliphatic hydroxyl groups is 1. The maximum Gasteiger partial charge on any atom is 0.245 e. The summed E-state index contributed by atoms with van der Waals surface area (Å²) in [7, 11) is 1.72. The summed E-state index contributed by atoms with van der Waals surface area (Å²) in [5.74, 6) is -1.55. The average Bonchev–Trinajstić information content (AvgIpc) is 3.80. The normalized spacial score (nSPS) is 16.8. The Morgan fingerprint density at radius 3 is 2.32 bits per heavy atom. The summed E-state index contributed by atoms with van der Waals surface area (Å²) in [6, 6.07) is 10.5. The lowest BCUT2D eigenvalue weighted by Crippen LogP contribution is -2.64. The Balaban J connectivity index is 1.14. The molecule has 0 unspecified atom stereocenters. The molecule has 1 fully saturated rings. The number of hydrogen-bond donors (Lipinski definition) is 6. The molecule has 312 valence electrons. The molecule has 4 heterocycles. The lowest BCUT2D eigenvalue weighted by molar-refractivity contribution is -0.143. The van der Waals surface area contributed by atoms with E-state index in [9.17, 15) is 19.5 Å². The smallest absolute Gasteiger partial charge is 0.245 e. The van der Waals surface area contributed by atoms with E-state index in [-0.39, 0.29) is 30.6 Å². The Kier molecular flexibility index (Phi) is 12.5. The van der Waals surface area contributed by atoms with Crippen molar-refractivity contribution in [1.82, 2.24) is 41.0 Å². The molecule has 3 amide bonds. The second-order valence-corrected chi connectivity index (χ2v) is 17.6. The van der Waals surface area contributed by atoms with Crippen molar-refractivity contribution >= 4 is 51.7 Å². The second kappa shape index (κ2) is 17.0. The molecule has 1 aliphatic heterocycles. The van der Waals surface area contributed by atoms with Crippen LogP contribution < -0.4 is 26.8 Å². The van der Waals surface area contributed by atoms with Crippen LogP contribution >= 0.6 is 11.3 Å². The van der Waals surface area contributed by atoms with Crippen molar-refractivity contribution in [3.8, 4) is 21.6 Å². The number of carbonyl (C=O) groups excluding carboxylic acids is 3. The summed E-state index contributed by atoms with van der Waals surface area (Å²) in [4.78, 5) is 62.0. The Morgan fingerprint density at radius 2 is 1.68 bits per heavy atom. The van der Waals surface area contributed by atoms with Gasteiger partial charge in [0.1, 0.15) is 23.4 Å². The summed E-state index contributed by atoms with van der Waals surface area (Å²) in [6.07, 6.45) is 0.845. The van der Waals surface area contributed by atoms with Gasteiger partial charge in [0, 0.05) is 42.9 Å². The van der Waals surface area contributed by atoms with E-state index in [1.54, 1.807) is 51.4 Å². The number of thiazole rings is 1. The number of rotatable bonds is 12. The molecule has 2 aromatic carbocycles. The van der Waals surface area contributed by atoms with Gasteiger partial charge in [0.2, 0.25) is 23.7 Å². The van der Waals surface area contributed by atoms with Crippen molar-refractivity contribution in [3.05, 3.63) is 82.5 Å². The van der Waals surface area contributed by atoms with E-state index in [2.05, 4.69) is 46.7 Å². The van der Waals surface area contributed by atoms with Crippen LogP contribution in [0.3, 0.4) is 0 Å². The van der Waals surface area contributed by atoms with Crippen molar-refractivity contribution in [2.75, 3.05) is 24.2 Å². The highest BCUT2D eigenvalue weighted by Gasteiger charge is 2.45. The number of anilines is 2. The van der Waals surface area contributed by atoms with Crippen LogP contribution in [0.1, 0.15) is 76.5 Å². The zero-order valence-corrected chi connectivity index (χ0v) is 35.9. The van der Waals surface area contributed by atoms with Crippen LogP contribution in [-0.4, -0.2) is 85.0 Å². The number of β-amino-alcohol motifs (C(OH)–C–C–N with tert-alkyl or cyclic N) is 1. The van der Waals surface area contributed by atoms with Gasteiger partial charge in [-0.2, -0.15) is 4.98 Å². The molecule has 6 rings (SSSR count). The molecule has 0 radical (unpaired) electrons. The molecule has 0 bridgehead atoms. The zero-order valence-electron chi connectivity index (χ0n) is 35.1. The number of aryl methyl sites for hydroxylation is 3. The lowest BCUT2D eigenvalue weighted by Gasteiger charge is -2.37. The molecule has 0 aliphatic carbocycles. The van der Waals surface area contributed by atoms with Gasteiger partial charge in [-0.25, -0.2) is 30.2 Å². The van der Waals surface area contributed by atoms with Gasteiger partial charge in [-0.3, -0.25) is 14.4 Å². The Morgan fingerprint density at radius 1 is 0.966 bits per heavy atom. The Hall–Kier alpha value is -5.42. The van der Waals surface area contributed by atoms with Gasteiger partial charge in [0.15, 0.2) is 5.65 Å². The van der Waals surface area contributed by atoms with Crippen LogP contribution in [0.25, 0.3) is 32.6 Å². The minimum absolute atomic E-state index is 0.0302. The van der Waals surface area contributed by atoms with Gasteiger partial charge in [0.05, 0.1) is 33.9 Å². The average molecular weight is 825 g/mol. The van der Waals surface area contributed by atoms with E-state index >= 15 is 4.39 Å². The molecular weight excluding hydrogens is 772 g/mol. The molecule has 1 aliphatic rings. The van der Waals surface area contributed by atoms with Gasteiger partial charge >= 0.3 is 0 Å². The number of carbonyl (C=O) groups is 3. The number of fused-ring (bicyclic) bond motifs is 1. The van der Waals surface area contributed by atoms with Crippen molar-refractivity contribution in [1.29, 1.82) is 0 Å². The van der Waals surface area contributed by atoms with Gasteiger partial charge in [-0.15, -0.1) is 11.3 Å². The number of likely N-dealkylation sites (tertiary alicyclic amines) is 1. The molecule has 16 heteroatoms. The van der Waals surface area contributed by atoms with Crippen LogP contribution in [0.5, 0.6) is 0 Å². The highest BCUT2D eigenvalue weighted by molar-refractivity contribution is 7.13. The van der Waals surface area contributed by atoms with Crippen LogP contribution in [0.2, 0.25) is 0 Å². The second-order valence-electron chi connectivity index (χ2n) is 16.8. The summed E-state index contributed by atoms with van der Waals surface area (Å²) in [6.45, 7) is 16.2. The van der Waals surface area contributed by atoms with Gasteiger partial charge < -0.3 is 26.0 Å². The zero-order chi connectivity index (χ0) is 43.0. The monoisotopic (exact) mass is 824 g/mol. The van der Waals surface area contributed by atoms with Gasteiger partial charge in [0.25, 0.3) is 0 Å². The minimum Gasteiger partial charge on any atom is -0.391 e. The molecule has 5 aromatic rings. The molecule has 14 nitrogen and oxygen atoms in total. The number of aliphatic hydroxyl groups excluding tert-OH is 1. The molecule has 4 atom stereocenters. The summed E-state index contributed by atoms with van der Waals surface area (Å²) in [5.41, 5.74) is 11.9. The first-order valence-corrected chi connectivity index (χ1v) is 20.4. The van der Waals surface area contributed by atoms with E-state index < -0.39 is 46.8 Å². The fourth-order valence-electron chi connectivity index (χ4n) is 7.11. The minimum atomic E-state index is -1.37. The number of amides is 3. The van der Waals surface area contributed by atoms with Crippen LogP contribution in [-0.2, 0) is 14.4 Å². The van der Waals surface area contributed by atoms with E-state index in [1.807, 2.05) is 77.4 Å². The summed E-state index contributed by atoms with van der Waals surface area (Å²) in [5, 5.41) is 20.1. The van der Waals surface area contributed by atoms with E-state index in [1.165, 1.54) is 11.0 Å². The first-order valence-electron chi connectivity index (χ1n) is 19.5. The van der Waals surface area contributed by atoms with Crippen LogP contribution in [0.15, 0.2) is 54.2 Å². The maximum atomic E-state index is 15.5. The summed E-state index contributed by atoms with van der Waals surface area (Å²) < 4.78 is 15.5. The summed E-state index contributed by atoms with van der Waals surface area (Å²) >= 11 is 1.57. The van der Waals surface area contributed by atoms with Crippen LogP contribution in [0, 0.1) is 32.0 Å². The van der Waals surface area contributed by atoms with Crippen molar-refractivity contribution in [3.63, 3.8) is 0 Å². The van der Waals surface area contributed by atoms with E-state index in [0.717, 1.165) is 27.3 Å². The van der Waals surface area contributed by atoms with E-state index in [0.29, 0.717) is 33.8 Å². The Labute approximate surface area is 347 Å². The first kappa shape index (κ1) is 43.2. The number of benzene rings is 2. The molecule has 6 N–H and O–H groups in total. The quantitative estimate of drug-likeness (QED) is 0.0813. The molecule has 0 spiro atoms. The number of hydrogen-bond acceptors (Lipinski definition) is 12. The molecule has 1 saturated heterocycles. The number of nitrogens with one attached hydrogen (secondary N) is 5. The fourth-order valence-corrected chi connectivity index (χ4v) is 7.92. The number of halogens is 1. The first-order chi connectivity index (χ1) is 27.8. The highest BCUT2D eigenvalue weighted by atomic mass is 32.1. The van der Waals surface area contributed by atoms with Gasteiger partial charge in [-0.1, -0.05) is 45.0 Å². The van der Waals surface area contributed by atoms with E-state index in [4.69, 9.17) is 0 Å². The lowest BCUT2D eigenvalue weighted by atomic mass is 9.86. The van der Waals surface area contributed by atoms with Crippen molar-refractivity contribution in [2.45, 2.75) is 98.5 Å². The SMILES string of the molecule is CNc1ncc2cc(-c3cc(NC(=O)C(C)(C)NN[C@@H](C(=O)N4C[C@H](O)C[C@H]4C(=O)N[C@@H](C)c4ccc(-c5scnc5C)cc4)C(C)(C)C)c(F)cc3C)c(C)nc2n1. The largest absolute Gasteiger partial charge is 0.391 e. The number of hydrazine groups is 1. The predicted molar refractivity (Wildman–Crippen MR) is 229 cm³/mol. The maximum absolute atomic E-state index is 15.5.